The lowest BCUT2D eigenvalue weighted by atomic mass is 9.84. The van der Waals surface area contributed by atoms with Crippen LogP contribution >= 0.6 is 12.4 Å². The van der Waals surface area contributed by atoms with Crippen LogP contribution in [0.4, 0.5) is 0 Å². The summed E-state index contributed by atoms with van der Waals surface area (Å²) in [6, 6.07) is 0.390. The van der Waals surface area contributed by atoms with Crippen LogP contribution in [0.2, 0.25) is 0 Å². The number of hydrogen-bond donors (Lipinski definition) is 2. The average Bonchev–Trinajstić information content (AvgIpc) is 2.99. The van der Waals surface area contributed by atoms with Crippen LogP contribution < -0.4 is 11.1 Å². The molecule has 0 aliphatic heterocycles. The Hall–Kier alpha value is -0.280. The number of nitrogens with two attached hydrogens (primary N) is 1. The molecule has 2 aliphatic rings. The van der Waals surface area contributed by atoms with Gasteiger partial charge in [-0.1, -0.05) is 13.3 Å². The van der Waals surface area contributed by atoms with Crippen molar-refractivity contribution in [3.8, 4) is 0 Å². The Morgan fingerprint density at radius 3 is 2.31 bits per heavy atom. The number of carbonyl (C=O) groups is 1. The summed E-state index contributed by atoms with van der Waals surface area (Å²) in [7, 11) is 0. The van der Waals surface area contributed by atoms with Crippen LogP contribution in [-0.4, -0.2) is 17.5 Å². The molecule has 2 fully saturated rings. The Bertz CT molecular complexity index is 245. The van der Waals surface area contributed by atoms with E-state index >= 15 is 0 Å². The number of rotatable bonds is 3. The van der Waals surface area contributed by atoms with Gasteiger partial charge in [-0.3, -0.25) is 4.79 Å². The SMILES string of the molecule is CCC1CCC(NC(=O)C2(N)CC2)CC1.Cl. The zero-order valence-electron chi connectivity index (χ0n) is 10.00. The summed E-state index contributed by atoms with van der Waals surface area (Å²) in [6.45, 7) is 2.25. The highest BCUT2D eigenvalue weighted by Gasteiger charge is 2.46. The summed E-state index contributed by atoms with van der Waals surface area (Å²) in [6.07, 6.45) is 7.81. The van der Waals surface area contributed by atoms with Crippen LogP contribution in [0.5, 0.6) is 0 Å². The maximum atomic E-state index is 11.7. The van der Waals surface area contributed by atoms with Gasteiger partial charge in [0.2, 0.25) is 5.91 Å². The van der Waals surface area contributed by atoms with Crippen molar-refractivity contribution in [1.82, 2.24) is 5.32 Å². The maximum Gasteiger partial charge on any atom is 0.240 e. The third-order valence-corrected chi connectivity index (χ3v) is 4.00. The molecule has 0 aromatic heterocycles. The summed E-state index contributed by atoms with van der Waals surface area (Å²) >= 11 is 0. The smallest absolute Gasteiger partial charge is 0.240 e. The largest absolute Gasteiger partial charge is 0.352 e. The van der Waals surface area contributed by atoms with E-state index in [-0.39, 0.29) is 18.3 Å². The van der Waals surface area contributed by atoms with Crippen molar-refractivity contribution in [3.05, 3.63) is 0 Å². The van der Waals surface area contributed by atoms with Gasteiger partial charge in [0.1, 0.15) is 0 Å². The highest BCUT2D eigenvalue weighted by Crippen LogP contribution is 2.33. The minimum absolute atomic E-state index is 0. The van der Waals surface area contributed by atoms with E-state index in [1.165, 1.54) is 19.3 Å². The second-order valence-corrected chi connectivity index (χ2v) is 5.26. The summed E-state index contributed by atoms with van der Waals surface area (Å²) in [5.41, 5.74) is 5.35. The molecule has 0 saturated heterocycles. The molecule has 94 valence electrons. The van der Waals surface area contributed by atoms with Crippen LogP contribution in [0, 0.1) is 5.92 Å². The highest BCUT2D eigenvalue weighted by molar-refractivity contribution is 5.89. The lowest BCUT2D eigenvalue weighted by Gasteiger charge is -2.29. The van der Waals surface area contributed by atoms with E-state index in [0.29, 0.717) is 6.04 Å². The summed E-state index contributed by atoms with van der Waals surface area (Å²) < 4.78 is 0. The van der Waals surface area contributed by atoms with Crippen molar-refractivity contribution < 1.29 is 4.79 Å². The van der Waals surface area contributed by atoms with Gasteiger partial charge in [-0.05, 0) is 44.4 Å². The third-order valence-electron chi connectivity index (χ3n) is 4.00. The summed E-state index contributed by atoms with van der Waals surface area (Å²) in [5, 5.41) is 3.10. The predicted octanol–water partition coefficient (Wildman–Crippen LogP) is 1.98. The molecule has 2 aliphatic carbocycles. The molecule has 2 saturated carbocycles. The minimum Gasteiger partial charge on any atom is -0.352 e. The van der Waals surface area contributed by atoms with E-state index in [1.807, 2.05) is 0 Å². The lowest BCUT2D eigenvalue weighted by molar-refractivity contribution is -0.124. The molecule has 0 bridgehead atoms. The molecule has 0 spiro atoms. The quantitative estimate of drug-likeness (QED) is 0.800. The highest BCUT2D eigenvalue weighted by atomic mass is 35.5. The third kappa shape index (κ3) is 3.11. The van der Waals surface area contributed by atoms with Gasteiger partial charge in [0.15, 0.2) is 0 Å². The first-order valence-electron chi connectivity index (χ1n) is 6.24. The molecule has 0 aromatic carbocycles. The van der Waals surface area contributed by atoms with Gasteiger partial charge in [0, 0.05) is 6.04 Å². The molecule has 0 atom stereocenters. The zero-order valence-corrected chi connectivity index (χ0v) is 10.8. The van der Waals surface area contributed by atoms with Gasteiger partial charge in [-0.15, -0.1) is 12.4 Å². The van der Waals surface area contributed by atoms with Crippen molar-refractivity contribution in [1.29, 1.82) is 0 Å². The van der Waals surface area contributed by atoms with E-state index in [2.05, 4.69) is 12.2 Å². The normalized spacial score (nSPS) is 31.4. The van der Waals surface area contributed by atoms with Gasteiger partial charge < -0.3 is 11.1 Å². The number of carbonyl (C=O) groups excluding carboxylic acids is 1. The number of nitrogens with one attached hydrogen (secondary N) is 1. The molecule has 16 heavy (non-hydrogen) atoms. The zero-order chi connectivity index (χ0) is 10.9. The van der Waals surface area contributed by atoms with E-state index < -0.39 is 5.54 Å². The molecule has 0 unspecified atom stereocenters. The van der Waals surface area contributed by atoms with Crippen molar-refractivity contribution in [3.63, 3.8) is 0 Å². The van der Waals surface area contributed by atoms with Crippen molar-refractivity contribution >= 4 is 18.3 Å². The first-order valence-corrected chi connectivity index (χ1v) is 6.24. The molecule has 3 N–H and O–H groups in total. The monoisotopic (exact) mass is 246 g/mol. The molecule has 2 rings (SSSR count). The average molecular weight is 247 g/mol. The van der Waals surface area contributed by atoms with Crippen LogP contribution in [0.1, 0.15) is 51.9 Å². The first kappa shape index (κ1) is 13.8. The Balaban J connectivity index is 0.00000128. The molecule has 0 heterocycles. The van der Waals surface area contributed by atoms with E-state index in [0.717, 1.165) is 31.6 Å². The van der Waals surface area contributed by atoms with Crippen LogP contribution in [0.25, 0.3) is 0 Å². The Labute approximate surface area is 104 Å². The van der Waals surface area contributed by atoms with Crippen LogP contribution in [-0.2, 0) is 4.79 Å². The molecule has 1 amide bonds. The topological polar surface area (TPSA) is 55.1 Å². The number of hydrogen-bond acceptors (Lipinski definition) is 2. The molecular formula is C12H23ClN2O. The van der Waals surface area contributed by atoms with E-state index in [4.69, 9.17) is 5.73 Å². The van der Waals surface area contributed by atoms with Crippen LogP contribution in [0.3, 0.4) is 0 Å². The van der Waals surface area contributed by atoms with E-state index in [1.54, 1.807) is 0 Å². The predicted molar refractivity (Wildman–Crippen MR) is 67.6 cm³/mol. The summed E-state index contributed by atoms with van der Waals surface area (Å²) in [5.74, 6) is 0.966. The second kappa shape index (κ2) is 5.37. The van der Waals surface area contributed by atoms with Gasteiger partial charge in [-0.2, -0.15) is 0 Å². The van der Waals surface area contributed by atoms with E-state index in [9.17, 15) is 4.79 Å². The van der Waals surface area contributed by atoms with Crippen molar-refractivity contribution in [2.24, 2.45) is 11.7 Å². The van der Waals surface area contributed by atoms with Crippen molar-refractivity contribution in [2.75, 3.05) is 0 Å². The summed E-state index contributed by atoms with van der Waals surface area (Å²) in [4.78, 5) is 11.7. The van der Waals surface area contributed by atoms with Gasteiger partial charge >= 0.3 is 0 Å². The Kier molecular flexibility index (Phi) is 4.62. The van der Waals surface area contributed by atoms with Crippen molar-refractivity contribution in [2.45, 2.75) is 63.5 Å². The molecule has 0 aromatic rings. The fourth-order valence-corrected chi connectivity index (χ4v) is 2.41. The fourth-order valence-electron chi connectivity index (χ4n) is 2.41. The minimum atomic E-state index is -0.498. The molecular weight excluding hydrogens is 224 g/mol. The standard InChI is InChI=1S/C12H22N2O.ClH/c1-2-9-3-5-10(6-4-9)14-11(15)12(13)7-8-12;/h9-10H,2-8,13H2,1H3,(H,14,15);1H. The molecule has 0 radical (unpaired) electrons. The fraction of sp³-hybridized carbons (Fsp3) is 0.917. The first-order chi connectivity index (χ1) is 7.14. The Morgan fingerprint density at radius 1 is 1.31 bits per heavy atom. The number of halogens is 1. The van der Waals surface area contributed by atoms with Gasteiger partial charge in [0.25, 0.3) is 0 Å². The maximum absolute atomic E-state index is 11.7. The second-order valence-electron chi connectivity index (χ2n) is 5.26. The van der Waals surface area contributed by atoms with Crippen LogP contribution in [0.15, 0.2) is 0 Å². The molecule has 3 nitrogen and oxygen atoms in total. The molecule has 4 heteroatoms. The van der Waals surface area contributed by atoms with Gasteiger partial charge in [0.05, 0.1) is 5.54 Å². The Morgan fingerprint density at radius 2 is 1.88 bits per heavy atom. The number of amides is 1. The van der Waals surface area contributed by atoms with Gasteiger partial charge in [-0.25, -0.2) is 0 Å². The lowest BCUT2D eigenvalue weighted by Crippen LogP contribution is -2.48.